The summed E-state index contributed by atoms with van der Waals surface area (Å²) in [4.78, 5) is 11.9. The minimum Gasteiger partial charge on any atom is -0.370 e. The summed E-state index contributed by atoms with van der Waals surface area (Å²) in [6.45, 7) is 4.54. The van der Waals surface area contributed by atoms with Crippen LogP contribution in [-0.4, -0.2) is 52.7 Å². The molecule has 2 aromatic rings. The Morgan fingerprint density at radius 2 is 1.92 bits per heavy atom. The lowest BCUT2D eigenvalue weighted by Gasteiger charge is -2.30. The largest absolute Gasteiger partial charge is 0.370 e. The SMILES string of the molecule is CSN1CCC(Nc2ncc3cccc(N4CCCC4)c3n2)CC1. The monoisotopic (exact) mass is 343 g/mol. The molecule has 0 saturated carbocycles. The van der Waals surface area contributed by atoms with Crippen LogP contribution in [0, 0.1) is 0 Å². The summed E-state index contributed by atoms with van der Waals surface area (Å²) in [7, 11) is 0. The van der Waals surface area contributed by atoms with E-state index in [0.717, 1.165) is 55.9 Å². The Balaban J connectivity index is 1.55. The number of para-hydroxylation sites is 1. The topological polar surface area (TPSA) is 44.3 Å². The molecule has 1 aromatic carbocycles. The lowest BCUT2D eigenvalue weighted by molar-refractivity contribution is 0.358. The molecule has 3 heterocycles. The molecule has 0 aliphatic carbocycles. The van der Waals surface area contributed by atoms with Crippen molar-refractivity contribution < 1.29 is 0 Å². The highest BCUT2D eigenvalue weighted by Gasteiger charge is 2.20. The van der Waals surface area contributed by atoms with Gasteiger partial charge in [-0.05, 0) is 38.0 Å². The number of aromatic nitrogens is 2. The molecule has 0 amide bonds. The van der Waals surface area contributed by atoms with Crippen LogP contribution in [0.4, 0.5) is 11.6 Å². The predicted molar refractivity (Wildman–Crippen MR) is 103 cm³/mol. The van der Waals surface area contributed by atoms with Gasteiger partial charge in [-0.2, -0.15) is 0 Å². The molecule has 0 atom stereocenters. The average Bonchev–Trinajstić information content (AvgIpc) is 3.16. The molecular formula is C18H25N5S. The van der Waals surface area contributed by atoms with Crippen LogP contribution in [-0.2, 0) is 0 Å². The minimum absolute atomic E-state index is 0.477. The zero-order valence-electron chi connectivity index (χ0n) is 14.2. The van der Waals surface area contributed by atoms with E-state index >= 15 is 0 Å². The lowest BCUT2D eigenvalue weighted by atomic mass is 10.1. The molecule has 6 heteroatoms. The summed E-state index contributed by atoms with van der Waals surface area (Å²) in [5.41, 5.74) is 2.34. The molecule has 1 N–H and O–H groups in total. The van der Waals surface area contributed by atoms with E-state index in [2.05, 4.69) is 44.0 Å². The van der Waals surface area contributed by atoms with E-state index in [1.54, 1.807) is 0 Å². The van der Waals surface area contributed by atoms with Crippen molar-refractivity contribution in [2.75, 3.05) is 42.7 Å². The van der Waals surface area contributed by atoms with Crippen molar-refractivity contribution in [3.05, 3.63) is 24.4 Å². The number of nitrogens with zero attached hydrogens (tertiary/aromatic N) is 4. The second kappa shape index (κ2) is 7.15. The van der Waals surface area contributed by atoms with Crippen LogP contribution in [0.2, 0.25) is 0 Å². The molecule has 128 valence electrons. The minimum atomic E-state index is 0.477. The van der Waals surface area contributed by atoms with Gasteiger partial charge < -0.3 is 10.2 Å². The van der Waals surface area contributed by atoms with E-state index < -0.39 is 0 Å². The second-order valence-corrected chi connectivity index (χ2v) is 7.51. The summed E-state index contributed by atoms with van der Waals surface area (Å²) in [5, 5.41) is 4.69. The third-order valence-corrected chi connectivity index (χ3v) is 5.96. The van der Waals surface area contributed by atoms with Gasteiger partial charge in [0.1, 0.15) is 0 Å². The predicted octanol–water partition coefficient (Wildman–Crippen LogP) is 3.38. The van der Waals surface area contributed by atoms with Gasteiger partial charge in [0.15, 0.2) is 0 Å². The van der Waals surface area contributed by atoms with Crippen LogP contribution in [0.15, 0.2) is 24.4 Å². The van der Waals surface area contributed by atoms with Crippen LogP contribution in [0.3, 0.4) is 0 Å². The number of anilines is 2. The van der Waals surface area contributed by atoms with Crippen molar-refractivity contribution in [1.82, 2.24) is 14.3 Å². The summed E-state index contributed by atoms with van der Waals surface area (Å²) < 4.78 is 2.42. The summed E-state index contributed by atoms with van der Waals surface area (Å²) in [6.07, 6.45) is 8.97. The van der Waals surface area contributed by atoms with Gasteiger partial charge in [-0.1, -0.05) is 24.1 Å². The molecule has 5 nitrogen and oxygen atoms in total. The molecule has 1 aromatic heterocycles. The first kappa shape index (κ1) is 16.0. The molecule has 2 fully saturated rings. The highest BCUT2D eigenvalue weighted by molar-refractivity contribution is 7.96. The second-order valence-electron chi connectivity index (χ2n) is 6.63. The van der Waals surface area contributed by atoms with Gasteiger partial charge in [0.05, 0.1) is 11.2 Å². The van der Waals surface area contributed by atoms with Crippen LogP contribution < -0.4 is 10.2 Å². The Hall–Kier alpha value is -1.53. The van der Waals surface area contributed by atoms with Gasteiger partial charge in [-0.25, -0.2) is 9.97 Å². The lowest BCUT2D eigenvalue weighted by Crippen LogP contribution is -2.35. The molecule has 0 unspecified atom stereocenters. The number of rotatable bonds is 4. The average molecular weight is 344 g/mol. The Kier molecular flexibility index (Phi) is 4.76. The van der Waals surface area contributed by atoms with E-state index in [-0.39, 0.29) is 0 Å². The number of hydrogen-bond donors (Lipinski definition) is 1. The van der Waals surface area contributed by atoms with Crippen molar-refractivity contribution in [3.8, 4) is 0 Å². The first-order valence-electron chi connectivity index (χ1n) is 8.90. The molecule has 2 aliphatic heterocycles. The van der Waals surface area contributed by atoms with Crippen molar-refractivity contribution >= 4 is 34.5 Å². The Morgan fingerprint density at radius 3 is 2.67 bits per heavy atom. The highest BCUT2D eigenvalue weighted by atomic mass is 32.2. The Bertz CT molecular complexity index is 693. The molecule has 2 aliphatic rings. The Labute approximate surface area is 148 Å². The van der Waals surface area contributed by atoms with Crippen LogP contribution >= 0.6 is 11.9 Å². The van der Waals surface area contributed by atoms with E-state index in [1.807, 2.05) is 18.1 Å². The van der Waals surface area contributed by atoms with Crippen LogP contribution in [0.25, 0.3) is 10.9 Å². The van der Waals surface area contributed by atoms with Gasteiger partial charge >= 0.3 is 0 Å². The molecule has 0 radical (unpaired) electrons. The normalized spacial score (nSPS) is 20.0. The quantitative estimate of drug-likeness (QED) is 0.859. The number of hydrogen-bond acceptors (Lipinski definition) is 6. The number of nitrogens with one attached hydrogen (secondary N) is 1. The van der Waals surface area contributed by atoms with Crippen molar-refractivity contribution in [2.45, 2.75) is 31.7 Å². The molecular weight excluding hydrogens is 318 g/mol. The van der Waals surface area contributed by atoms with E-state index in [1.165, 1.54) is 18.5 Å². The summed E-state index contributed by atoms with van der Waals surface area (Å²) >= 11 is 1.84. The van der Waals surface area contributed by atoms with Gasteiger partial charge in [0.2, 0.25) is 5.95 Å². The molecule has 4 rings (SSSR count). The molecule has 2 saturated heterocycles. The third-order valence-electron chi connectivity index (χ3n) is 5.08. The first-order valence-corrected chi connectivity index (χ1v) is 10.1. The fourth-order valence-electron chi connectivity index (χ4n) is 3.69. The van der Waals surface area contributed by atoms with Gasteiger partial charge in [0.25, 0.3) is 0 Å². The van der Waals surface area contributed by atoms with Crippen LogP contribution in [0.1, 0.15) is 25.7 Å². The number of benzene rings is 1. The molecule has 0 bridgehead atoms. The first-order chi connectivity index (χ1) is 11.8. The smallest absolute Gasteiger partial charge is 0.223 e. The fourth-order valence-corrected chi connectivity index (χ4v) is 4.26. The maximum atomic E-state index is 4.87. The Morgan fingerprint density at radius 1 is 1.12 bits per heavy atom. The zero-order valence-corrected chi connectivity index (χ0v) is 15.1. The van der Waals surface area contributed by atoms with Gasteiger partial charge in [-0.15, -0.1) is 0 Å². The van der Waals surface area contributed by atoms with Crippen molar-refractivity contribution in [2.24, 2.45) is 0 Å². The van der Waals surface area contributed by atoms with Gasteiger partial charge in [-0.3, -0.25) is 4.31 Å². The van der Waals surface area contributed by atoms with E-state index in [0.29, 0.717) is 6.04 Å². The maximum Gasteiger partial charge on any atom is 0.223 e. The maximum absolute atomic E-state index is 4.87. The standard InChI is InChI=1S/C18H25N5S/c1-24-23-11-7-15(8-12-23)20-18-19-13-14-5-4-6-16(17(14)21-18)22-9-2-3-10-22/h4-6,13,15H,2-3,7-12H2,1H3,(H,19,20,21). The molecule has 0 spiro atoms. The summed E-state index contributed by atoms with van der Waals surface area (Å²) in [6, 6.07) is 6.89. The third kappa shape index (κ3) is 3.30. The molecule has 24 heavy (non-hydrogen) atoms. The highest BCUT2D eigenvalue weighted by Crippen LogP contribution is 2.28. The van der Waals surface area contributed by atoms with Crippen molar-refractivity contribution in [1.29, 1.82) is 0 Å². The number of piperidine rings is 1. The van der Waals surface area contributed by atoms with Crippen molar-refractivity contribution in [3.63, 3.8) is 0 Å². The van der Waals surface area contributed by atoms with E-state index in [4.69, 9.17) is 4.98 Å². The van der Waals surface area contributed by atoms with E-state index in [9.17, 15) is 0 Å². The zero-order chi connectivity index (χ0) is 16.4. The summed E-state index contributed by atoms with van der Waals surface area (Å²) in [5.74, 6) is 0.775. The van der Waals surface area contributed by atoms with Gasteiger partial charge in [0, 0.05) is 43.8 Å². The fraction of sp³-hybridized carbons (Fsp3) is 0.556. The van der Waals surface area contributed by atoms with Crippen LogP contribution in [0.5, 0.6) is 0 Å². The number of fused-ring (bicyclic) bond motifs is 1.